The van der Waals surface area contributed by atoms with E-state index >= 15 is 0 Å². The highest BCUT2D eigenvalue weighted by Gasteiger charge is 2.20. The zero-order valence-electron chi connectivity index (χ0n) is 21.5. The lowest BCUT2D eigenvalue weighted by Crippen LogP contribution is -2.39. The van der Waals surface area contributed by atoms with Crippen molar-refractivity contribution in [1.82, 2.24) is 15.3 Å². The molecule has 0 saturated carbocycles. The van der Waals surface area contributed by atoms with E-state index in [0.717, 1.165) is 44.0 Å². The molecule has 0 aliphatic rings. The van der Waals surface area contributed by atoms with Crippen LogP contribution in [0.5, 0.6) is 0 Å². The first-order valence-electron chi connectivity index (χ1n) is 11.7. The SMILES string of the molecule is C=Cc1ccccc1C.CC.CCNCCN(CC(C)(C)C)c1nc(C#N)ncc1CC. The number of nitrogens with one attached hydrogen (secondary N) is 1. The summed E-state index contributed by atoms with van der Waals surface area (Å²) in [5.74, 6) is 1.14. The summed E-state index contributed by atoms with van der Waals surface area (Å²) in [6, 6.07) is 10.2. The first kappa shape index (κ1) is 29.3. The number of aryl methyl sites for hydroxylation is 2. The highest BCUT2D eigenvalue weighted by atomic mass is 15.2. The molecule has 2 rings (SSSR count). The third kappa shape index (κ3) is 11.1. The van der Waals surface area contributed by atoms with Crippen molar-refractivity contribution < 1.29 is 0 Å². The van der Waals surface area contributed by atoms with E-state index in [-0.39, 0.29) is 11.2 Å². The smallest absolute Gasteiger partial charge is 0.234 e. The highest BCUT2D eigenvalue weighted by molar-refractivity contribution is 5.51. The van der Waals surface area contributed by atoms with Crippen molar-refractivity contribution in [1.29, 1.82) is 5.26 Å². The number of likely N-dealkylation sites (N-methyl/N-ethyl adjacent to an activating group) is 1. The Morgan fingerprint density at radius 1 is 1.19 bits per heavy atom. The van der Waals surface area contributed by atoms with Crippen LogP contribution in [0.25, 0.3) is 6.08 Å². The average molecular weight is 438 g/mol. The van der Waals surface area contributed by atoms with E-state index in [2.05, 4.69) is 80.4 Å². The Hall–Kier alpha value is -2.71. The zero-order valence-corrected chi connectivity index (χ0v) is 21.5. The third-order valence-corrected chi connectivity index (χ3v) is 4.50. The molecule has 1 aromatic heterocycles. The maximum Gasteiger partial charge on any atom is 0.234 e. The molecule has 0 radical (unpaired) electrons. The van der Waals surface area contributed by atoms with Crippen LogP contribution in [-0.4, -0.2) is 36.1 Å². The van der Waals surface area contributed by atoms with E-state index in [1.807, 2.05) is 38.1 Å². The van der Waals surface area contributed by atoms with Gasteiger partial charge in [0.15, 0.2) is 0 Å². The molecule has 0 spiro atoms. The van der Waals surface area contributed by atoms with Crippen molar-refractivity contribution in [2.45, 2.75) is 61.8 Å². The van der Waals surface area contributed by atoms with Crippen LogP contribution in [-0.2, 0) is 6.42 Å². The Morgan fingerprint density at radius 2 is 1.84 bits per heavy atom. The second kappa shape index (κ2) is 16.0. The minimum Gasteiger partial charge on any atom is -0.354 e. The molecular weight excluding hydrogens is 394 g/mol. The number of nitriles is 1. The second-order valence-electron chi connectivity index (χ2n) is 8.40. The van der Waals surface area contributed by atoms with Gasteiger partial charge in [-0.25, -0.2) is 9.97 Å². The number of hydrogen-bond donors (Lipinski definition) is 1. The molecule has 1 aromatic carbocycles. The fraction of sp³-hybridized carbons (Fsp3) is 0.519. The summed E-state index contributed by atoms with van der Waals surface area (Å²) >= 11 is 0. The lowest BCUT2D eigenvalue weighted by Gasteiger charge is -2.32. The summed E-state index contributed by atoms with van der Waals surface area (Å²) in [7, 11) is 0. The van der Waals surface area contributed by atoms with Gasteiger partial charge < -0.3 is 10.2 Å². The molecule has 1 heterocycles. The Morgan fingerprint density at radius 3 is 2.31 bits per heavy atom. The van der Waals surface area contributed by atoms with Gasteiger partial charge in [-0.1, -0.05) is 85.4 Å². The molecule has 0 unspecified atom stereocenters. The predicted molar refractivity (Wildman–Crippen MR) is 139 cm³/mol. The molecule has 0 aliphatic carbocycles. The van der Waals surface area contributed by atoms with E-state index in [4.69, 9.17) is 5.26 Å². The summed E-state index contributed by atoms with van der Waals surface area (Å²) in [5.41, 5.74) is 3.76. The molecule has 0 fully saturated rings. The Balaban J connectivity index is 0.000000723. The first-order valence-corrected chi connectivity index (χ1v) is 11.7. The number of rotatable bonds is 8. The molecule has 32 heavy (non-hydrogen) atoms. The Labute approximate surface area is 196 Å². The molecule has 0 amide bonds. The summed E-state index contributed by atoms with van der Waals surface area (Å²) in [6.45, 7) is 24.2. The molecule has 5 heteroatoms. The van der Waals surface area contributed by atoms with Gasteiger partial charge in [-0.15, -0.1) is 0 Å². The largest absolute Gasteiger partial charge is 0.354 e. The van der Waals surface area contributed by atoms with E-state index in [0.29, 0.717) is 0 Å². The monoisotopic (exact) mass is 437 g/mol. The molecule has 5 nitrogen and oxygen atoms in total. The van der Waals surface area contributed by atoms with Gasteiger partial charge in [0.1, 0.15) is 11.9 Å². The van der Waals surface area contributed by atoms with Crippen molar-refractivity contribution in [3.8, 4) is 6.07 Å². The van der Waals surface area contributed by atoms with Gasteiger partial charge in [0.05, 0.1) is 0 Å². The lowest BCUT2D eigenvalue weighted by atomic mass is 9.96. The van der Waals surface area contributed by atoms with Crippen LogP contribution in [0.2, 0.25) is 0 Å². The molecule has 1 N–H and O–H groups in total. The fourth-order valence-electron chi connectivity index (χ4n) is 3.01. The van der Waals surface area contributed by atoms with Gasteiger partial charge >= 0.3 is 0 Å². The molecule has 2 aromatic rings. The Bertz CT molecular complexity index is 831. The Kier molecular flexibility index (Phi) is 14.6. The third-order valence-electron chi connectivity index (χ3n) is 4.50. The minimum absolute atomic E-state index is 0.162. The zero-order chi connectivity index (χ0) is 24.6. The molecule has 0 atom stereocenters. The van der Waals surface area contributed by atoms with Gasteiger partial charge in [0.2, 0.25) is 5.82 Å². The van der Waals surface area contributed by atoms with Gasteiger partial charge in [0.25, 0.3) is 0 Å². The molecule has 176 valence electrons. The van der Waals surface area contributed by atoms with Gasteiger partial charge in [0, 0.05) is 31.4 Å². The second-order valence-corrected chi connectivity index (χ2v) is 8.40. The van der Waals surface area contributed by atoms with Crippen LogP contribution in [0.4, 0.5) is 5.82 Å². The van der Waals surface area contributed by atoms with Crippen molar-refractivity contribution >= 4 is 11.9 Å². The normalized spacial score (nSPS) is 10.1. The van der Waals surface area contributed by atoms with Gasteiger partial charge in [-0.3, -0.25) is 0 Å². The number of hydrogen-bond acceptors (Lipinski definition) is 5. The van der Waals surface area contributed by atoms with Gasteiger partial charge in [-0.05, 0) is 36.4 Å². The van der Waals surface area contributed by atoms with E-state index in [1.54, 1.807) is 6.20 Å². The van der Waals surface area contributed by atoms with E-state index in [9.17, 15) is 0 Å². The summed E-state index contributed by atoms with van der Waals surface area (Å²) in [6.07, 6.45) is 4.52. The topological polar surface area (TPSA) is 64.8 Å². The molecule has 0 bridgehead atoms. The summed E-state index contributed by atoms with van der Waals surface area (Å²) < 4.78 is 0. The minimum atomic E-state index is 0.162. The predicted octanol–water partition coefficient (Wildman–Crippen LogP) is 6.04. The molecule has 0 saturated heterocycles. The molecular formula is C27H43N5. The highest BCUT2D eigenvalue weighted by Crippen LogP contribution is 2.23. The summed E-state index contributed by atoms with van der Waals surface area (Å²) in [5, 5.41) is 12.4. The maximum absolute atomic E-state index is 9.05. The molecule has 0 aliphatic heterocycles. The van der Waals surface area contributed by atoms with Crippen LogP contribution in [0.3, 0.4) is 0 Å². The van der Waals surface area contributed by atoms with Crippen LogP contribution >= 0.6 is 0 Å². The van der Waals surface area contributed by atoms with E-state index in [1.165, 1.54) is 11.1 Å². The lowest BCUT2D eigenvalue weighted by molar-refractivity contribution is 0.407. The quantitative estimate of drug-likeness (QED) is 0.510. The standard InChI is InChI=1S/C16H27N5.C9H10.C2H6/c1-6-13-11-19-14(10-17)20-15(13)21(9-8-18-7-2)12-16(3,4)5;1-3-9-7-5-4-6-8(9)2;1-2/h11,18H,6-9,12H2,1-5H3;3-7H,1H2,2H3;1-2H3. The first-order chi connectivity index (χ1) is 15.3. The maximum atomic E-state index is 9.05. The van der Waals surface area contributed by atoms with Crippen molar-refractivity contribution in [3.05, 3.63) is 59.6 Å². The fourth-order valence-corrected chi connectivity index (χ4v) is 3.01. The van der Waals surface area contributed by atoms with Crippen LogP contribution < -0.4 is 10.2 Å². The van der Waals surface area contributed by atoms with Crippen LogP contribution in [0.15, 0.2) is 37.0 Å². The number of anilines is 1. The van der Waals surface area contributed by atoms with Crippen molar-refractivity contribution in [2.75, 3.05) is 31.1 Å². The van der Waals surface area contributed by atoms with Crippen LogP contribution in [0, 0.1) is 23.7 Å². The van der Waals surface area contributed by atoms with Crippen LogP contribution in [0.1, 0.15) is 71.0 Å². The van der Waals surface area contributed by atoms with Crippen molar-refractivity contribution in [3.63, 3.8) is 0 Å². The summed E-state index contributed by atoms with van der Waals surface area (Å²) in [4.78, 5) is 10.8. The number of nitrogens with zero attached hydrogens (tertiary/aromatic N) is 4. The number of benzene rings is 1. The van der Waals surface area contributed by atoms with Crippen molar-refractivity contribution in [2.24, 2.45) is 5.41 Å². The average Bonchev–Trinajstić information content (AvgIpc) is 2.79. The number of aromatic nitrogens is 2. The van der Waals surface area contributed by atoms with Gasteiger partial charge in [-0.2, -0.15) is 5.26 Å². The van der Waals surface area contributed by atoms with E-state index < -0.39 is 0 Å².